The number of benzene rings is 3. The largest absolute Gasteiger partial charge is 0.507 e. The van der Waals surface area contributed by atoms with Crippen molar-refractivity contribution in [2.75, 3.05) is 18.1 Å². The topological polar surface area (TPSA) is 76.1 Å². The highest BCUT2D eigenvalue weighted by Crippen LogP contribution is 2.42. The monoisotopic (exact) mass is 471 g/mol. The van der Waals surface area contributed by atoms with E-state index in [0.29, 0.717) is 47.4 Å². The van der Waals surface area contributed by atoms with Crippen molar-refractivity contribution in [3.63, 3.8) is 0 Å². The molecule has 0 radical (unpaired) electrons. The molecule has 1 amide bonds. The zero-order chi connectivity index (χ0) is 24.9. The molecule has 1 saturated heterocycles. The van der Waals surface area contributed by atoms with Gasteiger partial charge in [-0.25, -0.2) is 0 Å². The van der Waals surface area contributed by atoms with Crippen LogP contribution in [0.15, 0.2) is 84.4 Å². The Bertz CT molecular complexity index is 1230. The number of amides is 1. The second kappa shape index (κ2) is 10.5. The van der Waals surface area contributed by atoms with Crippen molar-refractivity contribution >= 4 is 23.1 Å². The first-order valence-electron chi connectivity index (χ1n) is 11.7. The van der Waals surface area contributed by atoms with Gasteiger partial charge in [0, 0.05) is 11.3 Å². The second-order valence-electron chi connectivity index (χ2n) is 8.74. The van der Waals surface area contributed by atoms with E-state index >= 15 is 0 Å². The second-order valence-corrected chi connectivity index (χ2v) is 8.74. The molecule has 0 saturated carbocycles. The van der Waals surface area contributed by atoms with Crippen molar-refractivity contribution < 1.29 is 24.2 Å². The lowest BCUT2D eigenvalue weighted by Gasteiger charge is -2.25. The van der Waals surface area contributed by atoms with Gasteiger partial charge in [0.2, 0.25) is 0 Å². The summed E-state index contributed by atoms with van der Waals surface area (Å²) < 4.78 is 11.3. The quantitative estimate of drug-likeness (QED) is 0.257. The number of carbonyl (C=O) groups excluding carboxylic acids is 2. The number of ketones is 1. The number of aliphatic hydroxyl groups is 1. The van der Waals surface area contributed by atoms with E-state index in [-0.39, 0.29) is 11.3 Å². The SMILES string of the molecule is CCOc1ccc(C2/C(=C(/O)c3cccc(OCC(C)C)c3)C(=O)C(=O)N2c2ccccc2)cc1. The Labute approximate surface area is 205 Å². The van der Waals surface area contributed by atoms with Crippen LogP contribution in [-0.4, -0.2) is 30.0 Å². The Balaban J connectivity index is 1.83. The standard InChI is InChI=1S/C29H29NO5/c1-4-34-23-15-13-20(14-16-23)26-25(28(32)29(33)30(26)22-10-6-5-7-11-22)27(31)21-9-8-12-24(17-21)35-18-19(2)3/h5-17,19,26,31H,4,18H2,1-3H3/b27-25-. The summed E-state index contributed by atoms with van der Waals surface area (Å²) in [6.07, 6.45) is 0. The smallest absolute Gasteiger partial charge is 0.300 e. The summed E-state index contributed by atoms with van der Waals surface area (Å²) in [5.74, 6) is -0.0677. The van der Waals surface area contributed by atoms with Crippen molar-refractivity contribution in [2.45, 2.75) is 26.8 Å². The molecule has 0 spiro atoms. The van der Waals surface area contributed by atoms with Gasteiger partial charge in [-0.1, -0.05) is 56.3 Å². The van der Waals surface area contributed by atoms with Gasteiger partial charge in [0.25, 0.3) is 11.7 Å². The number of rotatable bonds is 8. The van der Waals surface area contributed by atoms with E-state index in [9.17, 15) is 14.7 Å². The lowest BCUT2D eigenvalue weighted by molar-refractivity contribution is -0.132. The fourth-order valence-electron chi connectivity index (χ4n) is 4.07. The van der Waals surface area contributed by atoms with E-state index in [1.165, 1.54) is 4.90 Å². The number of nitrogens with zero attached hydrogens (tertiary/aromatic N) is 1. The predicted molar refractivity (Wildman–Crippen MR) is 136 cm³/mol. The van der Waals surface area contributed by atoms with Crippen molar-refractivity contribution in [3.05, 3.63) is 95.6 Å². The lowest BCUT2D eigenvalue weighted by atomic mass is 9.95. The normalized spacial score (nSPS) is 17.1. The van der Waals surface area contributed by atoms with Crippen molar-refractivity contribution in [2.24, 2.45) is 5.92 Å². The van der Waals surface area contributed by atoms with Gasteiger partial charge < -0.3 is 14.6 Å². The molecular formula is C29H29NO5. The minimum absolute atomic E-state index is 0.0315. The minimum Gasteiger partial charge on any atom is -0.507 e. The maximum atomic E-state index is 13.3. The van der Waals surface area contributed by atoms with E-state index in [1.54, 1.807) is 60.7 Å². The van der Waals surface area contributed by atoms with Gasteiger partial charge in [-0.05, 0) is 54.8 Å². The third kappa shape index (κ3) is 5.06. The van der Waals surface area contributed by atoms with Gasteiger partial charge in [-0.2, -0.15) is 0 Å². The van der Waals surface area contributed by atoms with Crippen LogP contribution in [-0.2, 0) is 9.59 Å². The van der Waals surface area contributed by atoms with Crippen LogP contribution in [0.4, 0.5) is 5.69 Å². The molecule has 6 nitrogen and oxygen atoms in total. The van der Waals surface area contributed by atoms with Crippen LogP contribution in [0.3, 0.4) is 0 Å². The summed E-state index contributed by atoms with van der Waals surface area (Å²) in [4.78, 5) is 28.0. The average molecular weight is 472 g/mol. The van der Waals surface area contributed by atoms with Crippen LogP contribution < -0.4 is 14.4 Å². The highest BCUT2D eigenvalue weighted by molar-refractivity contribution is 6.51. The first-order valence-corrected chi connectivity index (χ1v) is 11.7. The molecular weight excluding hydrogens is 442 g/mol. The van der Waals surface area contributed by atoms with Gasteiger partial charge in [-0.3, -0.25) is 14.5 Å². The van der Waals surface area contributed by atoms with Crippen LogP contribution in [0.5, 0.6) is 11.5 Å². The van der Waals surface area contributed by atoms with Crippen LogP contribution in [0.1, 0.15) is 37.9 Å². The first-order chi connectivity index (χ1) is 16.9. The van der Waals surface area contributed by atoms with E-state index in [1.807, 2.05) is 39.0 Å². The average Bonchev–Trinajstić information content (AvgIpc) is 3.14. The minimum atomic E-state index is -0.798. The number of Topliss-reactive ketones (excluding diaryl/α,β-unsaturated/α-hetero) is 1. The molecule has 1 fully saturated rings. The molecule has 6 heteroatoms. The third-order valence-electron chi connectivity index (χ3n) is 5.68. The zero-order valence-electron chi connectivity index (χ0n) is 20.1. The molecule has 0 bridgehead atoms. The van der Waals surface area contributed by atoms with Crippen molar-refractivity contribution in [1.29, 1.82) is 0 Å². The third-order valence-corrected chi connectivity index (χ3v) is 5.68. The highest BCUT2D eigenvalue weighted by Gasteiger charge is 2.46. The molecule has 1 unspecified atom stereocenters. The summed E-state index contributed by atoms with van der Waals surface area (Å²) in [5.41, 5.74) is 1.70. The number of hydrogen-bond donors (Lipinski definition) is 1. The van der Waals surface area contributed by atoms with Gasteiger partial charge in [0.1, 0.15) is 17.3 Å². The maximum absolute atomic E-state index is 13.3. The Morgan fingerprint density at radius 2 is 1.63 bits per heavy atom. The molecule has 3 aromatic rings. The molecule has 1 aliphatic heterocycles. The number of anilines is 1. The predicted octanol–water partition coefficient (Wildman–Crippen LogP) is 5.75. The van der Waals surface area contributed by atoms with E-state index in [2.05, 4.69) is 0 Å². The Kier molecular flexibility index (Phi) is 7.20. The number of para-hydroxylation sites is 1. The molecule has 1 aliphatic rings. The summed E-state index contributed by atoms with van der Waals surface area (Å²) >= 11 is 0. The summed E-state index contributed by atoms with van der Waals surface area (Å²) in [6.45, 7) is 7.04. The fraction of sp³-hybridized carbons (Fsp3) is 0.241. The van der Waals surface area contributed by atoms with Crippen LogP contribution in [0.2, 0.25) is 0 Å². The van der Waals surface area contributed by atoms with E-state index in [0.717, 1.165) is 0 Å². The Hall–Kier alpha value is -4.06. The van der Waals surface area contributed by atoms with Crippen LogP contribution in [0.25, 0.3) is 5.76 Å². The molecule has 0 aromatic heterocycles. The van der Waals surface area contributed by atoms with E-state index < -0.39 is 17.7 Å². The molecule has 35 heavy (non-hydrogen) atoms. The number of aliphatic hydroxyl groups excluding tert-OH is 1. The Morgan fingerprint density at radius 1 is 0.914 bits per heavy atom. The zero-order valence-corrected chi connectivity index (χ0v) is 20.1. The number of carbonyl (C=O) groups is 2. The summed E-state index contributed by atoms with van der Waals surface area (Å²) in [6, 6.07) is 22.3. The molecule has 0 aliphatic carbocycles. The van der Waals surface area contributed by atoms with Gasteiger partial charge in [0.05, 0.1) is 24.8 Å². The molecule has 180 valence electrons. The summed E-state index contributed by atoms with van der Waals surface area (Å²) in [5, 5.41) is 11.3. The number of hydrogen-bond acceptors (Lipinski definition) is 5. The van der Waals surface area contributed by atoms with Crippen molar-refractivity contribution in [3.8, 4) is 11.5 Å². The van der Waals surface area contributed by atoms with Gasteiger partial charge in [-0.15, -0.1) is 0 Å². The molecule has 1 atom stereocenters. The van der Waals surface area contributed by atoms with Gasteiger partial charge >= 0.3 is 0 Å². The van der Waals surface area contributed by atoms with Crippen molar-refractivity contribution in [1.82, 2.24) is 0 Å². The fourth-order valence-corrected chi connectivity index (χ4v) is 4.07. The molecule has 4 rings (SSSR count). The summed E-state index contributed by atoms with van der Waals surface area (Å²) in [7, 11) is 0. The number of ether oxygens (including phenoxy) is 2. The highest BCUT2D eigenvalue weighted by atomic mass is 16.5. The molecule has 3 aromatic carbocycles. The van der Waals surface area contributed by atoms with Crippen LogP contribution in [0, 0.1) is 5.92 Å². The first kappa shape index (κ1) is 24.1. The molecule has 1 N–H and O–H groups in total. The molecule has 1 heterocycles. The Morgan fingerprint density at radius 3 is 2.29 bits per heavy atom. The maximum Gasteiger partial charge on any atom is 0.300 e. The lowest BCUT2D eigenvalue weighted by Crippen LogP contribution is -2.29. The van der Waals surface area contributed by atoms with E-state index in [4.69, 9.17) is 9.47 Å². The van der Waals surface area contributed by atoms with Crippen LogP contribution >= 0.6 is 0 Å². The van der Waals surface area contributed by atoms with Gasteiger partial charge in [0.15, 0.2) is 0 Å².